The molecule has 2 N–H and O–H groups in total. The van der Waals surface area contributed by atoms with Crippen LogP contribution in [0.1, 0.15) is 31.4 Å². The van der Waals surface area contributed by atoms with Crippen molar-refractivity contribution >= 4 is 16.9 Å². The van der Waals surface area contributed by atoms with Gasteiger partial charge in [0.05, 0.1) is 24.1 Å². The summed E-state index contributed by atoms with van der Waals surface area (Å²) in [5, 5.41) is 21.0. The summed E-state index contributed by atoms with van der Waals surface area (Å²) in [7, 11) is 0. The summed E-state index contributed by atoms with van der Waals surface area (Å²) >= 11 is 0. The molecular formula is C16H19NO4. The van der Waals surface area contributed by atoms with Crippen LogP contribution in [0, 0.1) is 0 Å². The Morgan fingerprint density at radius 2 is 2.05 bits per heavy atom. The van der Waals surface area contributed by atoms with E-state index in [9.17, 15) is 15.0 Å². The molecule has 0 amide bonds. The maximum Gasteiger partial charge on any atom is 0.310 e. The number of pyridine rings is 1. The number of aromatic hydroxyl groups is 2. The van der Waals surface area contributed by atoms with Crippen LogP contribution in [-0.4, -0.2) is 27.8 Å². The molecule has 2 rings (SSSR count). The van der Waals surface area contributed by atoms with Crippen LogP contribution in [0.3, 0.4) is 0 Å². The van der Waals surface area contributed by atoms with Gasteiger partial charge < -0.3 is 14.9 Å². The highest BCUT2D eigenvalue weighted by molar-refractivity contribution is 5.91. The number of aryl methyl sites for hydroxylation is 1. The first-order valence-electron chi connectivity index (χ1n) is 7.06. The van der Waals surface area contributed by atoms with Gasteiger partial charge in [0.1, 0.15) is 5.75 Å². The maximum atomic E-state index is 11.6. The summed E-state index contributed by atoms with van der Waals surface area (Å²) in [5.74, 6) is -0.923. The molecule has 0 saturated carbocycles. The van der Waals surface area contributed by atoms with E-state index in [2.05, 4.69) is 4.98 Å². The lowest BCUT2D eigenvalue weighted by atomic mass is 10.0. The van der Waals surface area contributed by atoms with Crippen LogP contribution >= 0.6 is 0 Å². The second kappa shape index (κ2) is 6.43. The van der Waals surface area contributed by atoms with Gasteiger partial charge in [-0.15, -0.1) is 0 Å². The third kappa shape index (κ3) is 3.07. The van der Waals surface area contributed by atoms with E-state index in [1.54, 1.807) is 13.0 Å². The number of rotatable bonds is 5. The van der Waals surface area contributed by atoms with Crippen molar-refractivity contribution in [2.45, 2.75) is 33.1 Å². The fourth-order valence-electron chi connectivity index (χ4n) is 2.39. The summed E-state index contributed by atoms with van der Waals surface area (Å²) in [6.07, 6.45) is 1.51. The molecule has 21 heavy (non-hydrogen) atoms. The summed E-state index contributed by atoms with van der Waals surface area (Å²) in [5.41, 5.74) is 1.58. The smallest absolute Gasteiger partial charge is 0.310 e. The molecule has 5 nitrogen and oxygen atoms in total. The normalized spacial score (nSPS) is 10.8. The van der Waals surface area contributed by atoms with Crippen molar-refractivity contribution in [2.75, 3.05) is 6.61 Å². The third-order valence-electron chi connectivity index (χ3n) is 3.29. The average molecular weight is 289 g/mol. The third-order valence-corrected chi connectivity index (χ3v) is 3.29. The number of carbonyl (C=O) groups is 1. The fraction of sp³-hybridized carbons (Fsp3) is 0.375. The Hall–Kier alpha value is -2.30. The van der Waals surface area contributed by atoms with Gasteiger partial charge in [0, 0.05) is 5.39 Å². The van der Waals surface area contributed by atoms with Gasteiger partial charge in [0.2, 0.25) is 5.88 Å². The number of hydrogen-bond donors (Lipinski definition) is 2. The molecule has 0 bridgehead atoms. The molecule has 0 radical (unpaired) electrons. The van der Waals surface area contributed by atoms with Crippen LogP contribution in [0.2, 0.25) is 0 Å². The van der Waals surface area contributed by atoms with Gasteiger partial charge in [-0.1, -0.05) is 25.5 Å². The van der Waals surface area contributed by atoms with Gasteiger partial charge in [-0.2, -0.15) is 0 Å². The van der Waals surface area contributed by atoms with Gasteiger partial charge in [-0.25, -0.2) is 4.98 Å². The largest absolute Gasteiger partial charge is 0.507 e. The quantitative estimate of drug-likeness (QED) is 0.827. The molecule has 1 aromatic heterocycles. The molecule has 1 heterocycles. The minimum Gasteiger partial charge on any atom is -0.507 e. The molecule has 0 unspecified atom stereocenters. The Morgan fingerprint density at radius 1 is 1.29 bits per heavy atom. The molecule has 2 aromatic rings. The molecule has 0 aliphatic rings. The topological polar surface area (TPSA) is 79.7 Å². The lowest BCUT2D eigenvalue weighted by Crippen LogP contribution is -2.08. The maximum absolute atomic E-state index is 11.6. The molecule has 0 atom stereocenters. The van der Waals surface area contributed by atoms with Crippen LogP contribution in [0.25, 0.3) is 10.9 Å². The molecule has 0 aliphatic carbocycles. The van der Waals surface area contributed by atoms with Gasteiger partial charge in [0.25, 0.3) is 0 Å². The minimum absolute atomic E-state index is 0.0883. The zero-order valence-electron chi connectivity index (χ0n) is 12.2. The van der Waals surface area contributed by atoms with Crippen molar-refractivity contribution in [3.63, 3.8) is 0 Å². The number of esters is 1. The zero-order chi connectivity index (χ0) is 15.4. The summed E-state index contributed by atoms with van der Waals surface area (Å²) in [6, 6.07) is 5.48. The van der Waals surface area contributed by atoms with Crippen LogP contribution in [0.5, 0.6) is 11.6 Å². The average Bonchev–Trinajstić information content (AvgIpc) is 2.44. The lowest BCUT2D eigenvalue weighted by molar-refractivity contribution is -0.142. The number of aromatic nitrogens is 1. The van der Waals surface area contributed by atoms with Crippen molar-refractivity contribution in [3.05, 3.63) is 29.3 Å². The first kappa shape index (κ1) is 15.1. The predicted molar refractivity (Wildman–Crippen MR) is 79.4 cm³/mol. The second-order valence-corrected chi connectivity index (χ2v) is 4.81. The summed E-state index contributed by atoms with van der Waals surface area (Å²) in [4.78, 5) is 15.7. The molecule has 0 fully saturated rings. The predicted octanol–water partition coefficient (Wildman–Crippen LogP) is 2.70. The van der Waals surface area contributed by atoms with Gasteiger partial charge in [-0.3, -0.25) is 4.79 Å². The van der Waals surface area contributed by atoms with Gasteiger partial charge in [-0.05, 0) is 25.0 Å². The number of nitrogens with zero attached hydrogens (tertiary/aromatic N) is 1. The van der Waals surface area contributed by atoms with Gasteiger partial charge >= 0.3 is 5.97 Å². The first-order valence-corrected chi connectivity index (χ1v) is 7.06. The molecule has 0 saturated heterocycles. The molecule has 0 spiro atoms. The number of fused-ring (bicyclic) bond motifs is 1. The monoisotopic (exact) mass is 289 g/mol. The van der Waals surface area contributed by atoms with E-state index in [-0.39, 0.29) is 30.2 Å². The molecule has 0 aliphatic heterocycles. The van der Waals surface area contributed by atoms with E-state index in [0.29, 0.717) is 10.9 Å². The van der Waals surface area contributed by atoms with Crippen LogP contribution in [0.4, 0.5) is 0 Å². The molecule has 5 heteroatoms. The Morgan fingerprint density at radius 3 is 2.71 bits per heavy atom. The SMILES string of the molecule is CCCc1cccc2nc(O)c(CC(=O)OCC)c(O)c12. The van der Waals surface area contributed by atoms with E-state index < -0.39 is 5.97 Å². The summed E-state index contributed by atoms with van der Waals surface area (Å²) < 4.78 is 4.86. The second-order valence-electron chi connectivity index (χ2n) is 4.81. The Bertz CT molecular complexity index is 667. The number of benzene rings is 1. The highest BCUT2D eigenvalue weighted by Gasteiger charge is 2.19. The van der Waals surface area contributed by atoms with Crippen LogP contribution < -0.4 is 0 Å². The summed E-state index contributed by atoms with van der Waals surface area (Å²) in [6.45, 7) is 4.00. The van der Waals surface area contributed by atoms with E-state index >= 15 is 0 Å². The number of ether oxygens (including phenoxy) is 1. The standard InChI is InChI=1S/C16H19NO4/c1-3-6-10-7-5-8-12-14(10)15(19)11(16(20)17-12)9-13(18)21-4-2/h5,7-8H,3-4,6,9H2,1-2H3,(H2,17,19,20). The molecular weight excluding hydrogens is 270 g/mol. The fourth-order valence-corrected chi connectivity index (χ4v) is 2.39. The highest BCUT2D eigenvalue weighted by Crippen LogP contribution is 2.36. The molecule has 1 aromatic carbocycles. The minimum atomic E-state index is -0.503. The van der Waals surface area contributed by atoms with Crippen molar-refractivity contribution < 1.29 is 19.7 Å². The van der Waals surface area contributed by atoms with Crippen molar-refractivity contribution in [1.82, 2.24) is 4.98 Å². The van der Waals surface area contributed by atoms with Crippen molar-refractivity contribution in [2.24, 2.45) is 0 Å². The number of hydrogen-bond acceptors (Lipinski definition) is 5. The van der Waals surface area contributed by atoms with E-state index in [1.807, 2.05) is 19.1 Å². The first-order chi connectivity index (χ1) is 10.1. The van der Waals surface area contributed by atoms with E-state index in [0.717, 1.165) is 18.4 Å². The van der Waals surface area contributed by atoms with E-state index in [1.165, 1.54) is 0 Å². The Kier molecular flexibility index (Phi) is 4.62. The lowest BCUT2D eigenvalue weighted by Gasteiger charge is -2.12. The molecule has 112 valence electrons. The Balaban J connectivity index is 2.56. The van der Waals surface area contributed by atoms with Crippen LogP contribution in [-0.2, 0) is 22.4 Å². The van der Waals surface area contributed by atoms with E-state index in [4.69, 9.17) is 4.74 Å². The van der Waals surface area contributed by atoms with Crippen molar-refractivity contribution in [1.29, 1.82) is 0 Å². The highest BCUT2D eigenvalue weighted by atomic mass is 16.5. The number of carbonyl (C=O) groups excluding carboxylic acids is 1. The van der Waals surface area contributed by atoms with Gasteiger partial charge in [0.15, 0.2) is 0 Å². The van der Waals surface area contributed by atoms with Crippen molar-refractivity contribution in [3.8, 4) is 11.6 Å². The Labute approximate surface area is 123 Å². The zero-order valence-corrected chi connectivity index (χ0v) is 12.2. The van der Waals surface area contributed by atoms with Crippen LogP contribution in [0.15, 0.2) is 18.2 Å².